The van der Waals surface area contributed by atoms with Gasteiger partial charge in [0.05, 0.1) is 9.85 Å². The van der Waals surface area contributed by atoms with E-state index in [1.807, 2.05) is 30.3 Å². The first-order chi connectivity index (χ1) is 16.5. The van der Waals surface area contributed by atoms with Crippen LogP contribution in [0.5, 0.6) is 0 Å². The highest BCUT2D eigenvalue weighted by molar-refractivity contribution is 5.98. The highest BCUT2D eigenvalue weighted by Crippen LogP contribution is 2.32. The van der Waals surface area contributed by atoms with Gasteiger partial charge in [0.2, 0.25) is 11.6 Å². The molecule has 1 saturated heterocycles. The fourth-order valence-electron chi connectivity index (χ4n) is 3.68. The van der Waals surface area contributed by atoms with Crippen molar-refractivity contribution in [1.29, 1.82) is 0 Å². The Labute approximate surface area is 193 Å². The maximum atomic E-state index is 12.5. The standard InChI is InChI=1S/C21H20N8O5/c30-21(16-8-4-5-9-17(16)28(31)32)25-24-19-18(29(33)34)20(23-14-22-19)27-12-10-26(11-13-27)15-6-2-1-3-7-15/h1-9,14H,10-13H2,(H,25,30)(H,22,23,24). The van der Waals surface area contributed by atoms with Crippen LogP contribution in [0, 0.1) is 20.2 Å². The lowest BCUT2D eigenvalue weighted by atomic mass is 10.2. The minimum atomic E-state index is -0.835. The molecule has 1 aliphatic rings. The van der Waals surface area contributed by atoms with Gasteiger partial charge in [-0.25, -0.2) is 9.97 Å². The van der Waals surface area contributed by atoms with E-state index in [4.69, 9.17) is 0 Å². The number of nitro groups is 2. The quantitative estimate of drug-likeness (QED) is 0.392. The number of nitro benzene ring substituents is 1. The van der Waals surface area contributed by atoms with Crippen LogP contribution in [0.1, 0.15) is 10.4 Å². The maximum absolute atomic E-state index is 12.5. The molecule has 1 aliphatic heterocycles. The lowest BCUT2D eigenvalue weighted by Crippen LogP contribution is -2.47. The molecule has 0 atom stereocenters. The number of carbonyl (C=O) groups excluding carboxylic acids is 1. The van der Waals surface area contributed by atoms with Gasteiger partial charge < -0.3 is 9.80 Å². The summed E-state index contributed by atoms with van der Waals surface area (Å²) in [6.07, 6.45) is 1.16. The summed E-state index contributed by atoms with van der Waals surface area (Å²) in [5.41, 5.74) is 4.74. The van der Waals surface area contributed by atoms with Crippen molar-refractivity contribution in [2.75, 3.05) is 41.4 Å². The van der Waals surface area contributed by atoms with Gasteiger partial charge in [0.25, 0.3) is 11.6 Å². The Morgan fingerprint density at radius 2 is 1.50 bits per heavy atom. The van der Waals surface area contributed by atoms with Crippen LogP contribution in [0.25, 0.3) is 0 Å². The lowest BCUT2D eigenvalue weighted by Gasteiger charge is -2.36. The fraction of sp³-hybridized carbons (Fsp3) is 0.190. The first-order valence-electron chi connectivity index (χ1n) is 10.3. The van der Waals surface area contributed by atoms with Gasteiger partial charge in [0, 0.05) is 37.9 Å². The van der Waals surface area contributed by atoms with Crippen LogP contribution >= 0.6 is 0 Å². The van der Waals surface area contributed by atoms with Crippen molar-refractivity contribution < 1.29 is 14.6 Å². The summed E-state index contributed by atoms with van der Waals surface area (Å²) < 4.78 is 0. The maximum Gasteiger partial charge on any atom is 0.355 e. The number of nitrogens with zero attached hydrogens (tertiary/aromatic N) is 6. The second kappa shape index (κ2) is 9.77. The van der Waals surface area contributed by atoms with Crippen LogP contribution < -0.4 is 20.7 Å². The molecule has 1 amide bonds. The van der Waals surface area contributed by atoms with Crippen LogP contribution in [0.4, 0.5) is 28.7 Å². The number of hydrogen-bond acceptors (Lipinski definition) is 10. The second-order valence-corrected chi connectivity index (χ2v) is 7.31. The Balaban J connectivity index is 1.50. The smallest absolute Gasteiger partial charge is 0.355 e. The molecular weight excluding hydrogens is 444 g/mol. The van der Waals surface area contributed by atoms with Crippen molar-refractivity contribution >= 4 is 34.6 Å². The van der Waals surface area contributed by atoms with Gasteiger partial charge in [-0.15, -0.1) is 0 Å². The topological polar surface area (TPSA) is 160 Å². The number of hydrazine groups is 1. The predicted molar refractivity (Wildman–Crippen MR) is 124 cm³/mol. The molecule has 3 aromatic rings. The number of rotatable bonds is 7. The molecule has 2 N–H and O–H groups in total. The molecule has 174 valence electrons. The van der Waals surface area contributed by atoms with E-state index in [0.717, 1.165) is 12.0 Å². The van der Waals surface area contributed by atoms with Gasteiger partial charge in [0.15, 0.2) is 0 Å². The van der Waals surface area contributed by atoms with E-state index in [2.05, 4.69) is 25.7 Å². The van der Waals surface area contributed by atoms with Crippen molar-refractivity contribution in [3.63, 3.8) is 0 Å². The highest BCUT2D eigenvalue weighted by atomic mass is 16.6. The Bertz CT molecular complexity index is 1210. The number of anilines is 3. The molecule has 2 heterocycles. The average molecular weight is 464 g/mol. The molecule has 13 heteroatoms. The first-order valence-corrected chi connectivity index (χ1v) is 10.3. The molecule has 2 aromatic carbocycles. The molecule has 0 saturated carbocycles. The summed E-state index contributed by atoms with van der Waals surface area (Å²) in [7, 11) is 0. The van der Waals surface area contributed by atoms with Crippen molar-refractivity contribution in [1.82, 2.24) is 15.4 Å². The van der Waals surface area contributed by atoms with E-state index in [1.54, 1.807) is 4.90 Å². The average Bonchev–Trinajstić information content (AvgIpc) is 2.87. The van der Waals surface area contributed by atoms with E-state index >= 15 is 0 Å². The van der Waals surface area contributed by atoms with Crippen molar-refractivity contribution in [2.45, 2.75) is 0 Å². The molecule has 0 spiro atoms. The minimum Gasteiger partial charge on any atom is -0.368 e. The van der Waals surface area contributed by atoms with Gasteiger partial charge in [-0.3, -0.25) is 35.9 Å². The number of carbonyl (C=O) groups is 1. The molecular formula is C21H20N8O5. The zero-order valence-electron chi connectivity index (χ0n) is 17.8. The van der Waals surface area contributed by atoms with E-state index in [1.165, 1.54) is 24.3 Å². The molecule has 0 unspecified atom stereocenters. The minimum absolute atomic E-state index is 0.121. The van der Waals surface area contributed by atoms with E-state index in [-0.39, 0.29) is 17.2 Å². The molecule has 0 radical (unpaired) electrons. The van der Waals surface area contributed by atoms with Crippen LogP contribution in [0.2, 0.25) is 0 Å². The van der Waals surface area contributed by atoms with Gasteiger partial charge in [0.1, 0.15) is 11.9 Å². The fourth-order valence-corrected chi connectivity index (χ4v) is 3.68. The van der Waals surface area contributed by atoms with E-state index in [0.29, 0.717) is 26.2 Å². The van der Waals surface area contributed by atoms with Crippen molar-refractivity contribution in [2.24, 2.45) is 0 Å². The summed E-state index contributed by atoms with van der Waals surface area (Å²) >= 11 is 0. The Morgan fingerprint density at radius 1 is 0.853 bits per heavy atom. The SMILES string of the molecule is O=C(NNc1ncnc(N2CCN(c3ccccc3)CC2)c1[N+](=O)[O-])c1ccccc1[N+](=O)[O-]. The third-order valence-electron chi connectivity index (χ3n) is 5.33. The molecule has 0 aliphatic carbocycles. The number of hydrogen-bond donors (Lipinski definition) is 2. The normalized spacial score (nSPS) is 13.3. The van der Waals surface area contributed by atoms with Gasteiger partial charge in [-0.05, 0) is 18.2 Å². The summed E-state index contributed by atoms with van der Waals surface area (Å²) in [5.74, 6) is -0.944. The van der Waals surface area contributed by atoms with E-state index < -0.39 is 27.1 Å². The molecule has 0 bridgehead atoms. The zero-order chi connectivity index (χ0) is 24.1. The number of aromatic nitrogens is 2. The Morgan fingerprint density at radius 3 is 2.18 bits per heavy atom. The zero-order valence-corrected chi connectivity index (χ0v) is 17.8. The highest BCUT2D eigenvalue weighted by Gasteiger charge is 2.30. The third kappa shape index (κ3) is 4.67. The number of benzene rings is 2. The van der Waals surface area contributed by atoms with Crippen LogP contribution in [-0.2, 0) is 0 Å². The van der Waals surface area contributed by atoms with Crippen molar-refractivity contribution in [3.8, 4) is 0 Å². The predicted octanol–water partition coefficient (Wildman–Crippen LogP) is 2.38. The first kappa shape index (κ1) is 22.4. The van der Waals surface area contributed by atoms with Crippen LogP contribution in [0.15, 0.2) is 60.9 Å². The number of piperazine rings is 1. The Kier molecular flexibility index (Phi) is 6.43. The summed E-state index contributed by atoms with van der Waals surface area (Å²) in [6.45, 7) is 2.27. The van der Waals surface area contributed by atoms with Gasteiger partial charge in [-0.1, -0.05) is 30.3 Å². The molecule has 1 aromatic heterocycles. The van der Waals surface area contributed by atoms with Gasteiger partial charge >= 0.3 is 5.69 Å². The van der Waals surface area contributed by atoms with Crippen LogP contribution in [0.3, 0.4) is 0 Å². The molecule has 34 heavy (non-hydrogen) atoms. The monoisotopic (exact) mass is 464 g/mol. The summed E-state index contributed by atoms with van der Waals surface area (Å²) in [5, 5.41) is 23.0. The second-order valence-electron chi connectivity index (χ2n) is 7.31. The number of nitrogens with one attached hydrogen (secondary N) is 2. The molecule has 1 fully saturated rings. The molecule has 4 rings (SSSR count). The molecule has 13 nitrogen and oxygen atoms in total. The summed E-state index contributed by atoms with van der Waals surface area (Å²) in [6, 6.07) is 15.2. The van der Waals surface area contributed by atoms with E-state index in [9.17, 15) is 25.0 Å². The van der Waals surface area contributed by atoms with Crippen LogP contribution in [-0.4, -0.2) is 51.9 Å². The Hall–Kier alpha value is -4.81. The van der Waals surface area contributed by atoms with Gasteiger partial charge in [-0.2, -0.15) is 0 Å². The summed E-state index contributed by atoms with van der Waals surface area (Å²) in [4.78, 5) is 46.2. The largest absolute Gasteiger partial charge is 0.368 e. The van der Waals surface area contributed by atoms with Crippen molar-refractivity contribution in [3.05, 3.63) is 86.7 Å². The lowest BCUT2D eigenvalue weighted by molar-refractivity contribution is -0.385. The third-order valence-corrected chi connectivity index (χ3v) is 5.33. The number of amides is 1. The number of para-hydroxylation sites is 2.